The van der Waals surface area contributed by atoms with Gasteiger partial charge in [0.25, 0.3) is 0 Å². The second kappa shape index (κ2) is 4.51. The predicted molar refractivity (Wildman–Crippen MR) is 83.5 cm³/mol. The molecule has 0 aromatic heterocycles. The molecule has 1 aromatic carbocycles. The lowest BCUT2D eigenvalue weighted by Gasteiger charge is -2.34. The highest BCUT2D eigenvalue weighted by Gasteiger charge is 2.72. The Morgan fingerprint density at radius 1 is 1.23 bits per heavy atom. The van der Waals surface area contributed by atoms with Gasteiger partial charge in [0.05, 0.1) is 0 Å². The Labute approximate surface area is 130 Å². The molecule has 2 atom stereocenters. The molecule has 2 fully saturated rings. The third-order valence-electron chi connectivity index (χ3n) is 5.74. The maximum atomic E-state index is 12.9. The van der Waals surface area contributed by atoms with Gasteiger partial charge in [0.2, 0.25) is 17.5 Å². The first kappa shape index (κ1) is 14.9. The van der Waals surface area contributed by atoms with Crippen molar-refractivity contribution in [3.63, 3.8) is 0 Å². The predicted octanol–water partition coefficient (Wildman–Crippen LogP) is 2.82. The van der Waals surface area contributed by atoms with Gasteiger partial charge in [-0.2, -0.15) is 0 Å². The number of carbonyl (C=O) groups is 3. The topological polar surface area (TPSA) is 63.2 Å². The van der Waals surface area contributed by atoms with Crippen LogP contribution in [0.5, 0.6) is 0 Å². The smallest absolute Gasteiger partial charge is 0.239 e. The summed E-state index contributed by atoms with van der Waals surface area (Å²) in [5.74, 6) is -1.52. The highest BCUT2D eigenvalue weighted by atomic mass is 16.2. The lowest BCUT2D eigenvalue weighted by molar-refractivity contribution is -0.147. The first-order valence-corrected chi connectivity index (χ1v) is 7.69. The fourth-order valence-corrected chi connectivity index (χ4v) is 4.18. The van der Waals surface area contributed by atoms with Gasteiger partial charge in [0.15, 0.2) is 0 Å². The Kier molecular flexibility index (Phi) is 3.06. The van der Waals surface area contributed by atoms with E-state index in [-0.39, 0.29) is 17.6 Å². The highest BCUT2D eigenvalue weighted by Crippen LogP contribution is 2.62. The van der Waals surface area contributed by atoms with Gasteiger partial charge in [-0.05, 0) is 49.3 Å². The van der Waals surface area contributed by atoms with Crippen LogP contribution in [0.15, 0.2) is 18.2 Å². The number of ketones is 2. The van der Waals surface area contributed by atoms with Crippen molar-refractivity contribution in [2.24, 2.45) is 16.7 Å². The van der Waals surface area contributed by atoms with E-state index in [0.717, 1.165) is 11.1 Å². The summed E-state index contributed by atoms with van der Waals surface area (Å²) in [6.45, 7) is 7.61. The van der Waals surface area contributed by atoms with Gasteiger partial charge in [0.1, 0.15) is 5.41 Å². The van der Waals surface area contributed by atoms with Gasteiger partial charge < -0.3 is 5.32 Å². The molecule has 0 radical (unpaired) electrons. The van der Waals surface area contributed by atoms with Gasteiger partial charge in [-0.25, -0.2) is 0 Å². The fourth-order valence-electron chi connectivity index (χ4n) is 4.18. The Hall–Kier alpha value is -1.97. The summed E-state index contributed by atoms with van der Waals surface area (Å²) in [7, 11) is 0. The van der Waals surface area contributed by atoms with Crippen molar-refractivity contribution in [3.8, 4) is 0 Å². The van der Waals surface area contributed by atoms with E-state index in [4.69, 9.17) is 0 Å². The summed E-state index contributed by atoms with van der Waals surface area (Å²) in [6.07, 6.45) is 1.09. The largest absolute Gasteiger partial charge is 0.325 e. The SMILES string of the molecule is Cc1ccc(C)c(NC(=O)C23CCC(C(=O)C2=O)C3(C)C)c1. The van der Waals surface area contributed by atoms with Crippen molar-refractivity contribution >= 4 is 23.2 Å². The molecule has 4 heteroatoms. The quantitative estimate of drug-likeness (QED) is 0.674. The first-order chi connectivity index (χ1) is 10.2. The fraction of sp³-hybridized carbons (Fsp3) is 0.500. The molecule has 4 nitrogen and oxygen atoms in total. The van der Waals surface area contributed by atoms with Gasteiger partial charge in [-0.15, -0.1) is 0 Å². The Bertz CT molecular complexity index is 704. The van der Waals surface area contributed by atoms with Crippen molar-refractivity contribution in [2.75, 3.05) is 5.32 Å². The molecule has 2 aliphatic rings. The number of aryl methyl sites for hydroxylation is 2. The van der Waals surface area contributed by atoms with E-state index in [1.165, 1.54) is 0 Å². The molecule has 0 spiro atoms. The van der Waals surface area contributed by atoms with E-state index in [1.807, 2.05) is 45.9 Å². The molecular weight excluding hydrogens is 278 g/mol. The molecule has 0 saturated heterocycles. The van der Waals surface area contributed by atoms with Gasteiger partial charge in [-0.1, -0.05) is 26.0 Å². The number of nitrogens with one attached hydrogen (secondary N) is 1. The third-order valence-corrected chi connectivity index (χ3v) is 5.74. The van der Waals surface area contributed by atoms with Crippen LogP contribution in [0.3, 0.4) is 0 Å². The molecule has 1 aromatic rings. The van der Waals surface area contributed by atoms with Crippen molar-refractivity contribution in [1.29, 1.82) is 0 Å². The Morgan fingerprint density at radius 2 is 1.91 bits per heavy atom. The number of benzene rings is 1. The minimum atomic E-state index is -1.20. The van der Waals surface area contributed by atoms with E-state index in [1.54, 1.807) is 0 Å². The van der Waals surface area contributed by atoms with E-state index in [9.17, 15) is 14.4 Å². The molecule has 3 rings (SSSR count). The van der Waals surface area contributed by atoms with Crippen LogP contribution in [0, 0.1) is 30.6 Å². The van der Waals surface area contributed by atoms with Crippen LogP contribution < -0.4 is 5.32 Å². The number of fused-ring (bicyclic) bond motifs is 2. The van der Waals surface area contributed by atoms with Gasteiger partial charge in [-0.3, -0.25) is 14.4 Å². The number of hydrogen-bond acceptors (Lipinski definition) is 3. The zero-order chi connectivity index (χ0) is 16.3. The molecule has 2 saturated carbocycles. The lowest BCUT2D eigenvalue weighted by Crippen LogP contribution is -2.47. The van der Waals surface area contributed by atoms with Crippen molar-refractivity contribution < 1.29 is 14.4 Å². The van der Waals surface area contributed by atoms with E-state index < -0.39 is 16.6 Å². The second-order valence-corrected chi connectivity index (χ2v) is 7.18. The maximum absolute atomic E-state index is 12.9. The van der Waals surface area contributed by atoms with Crippen molar-refractivity contribution in [3.05, 3.63) is 29.3 Å². The van der Waals surface area contributed by atoms with E-state index in [0.29, 0.717) is 18.5 Å². The van der Waals surface area contributed by atoms with E-state index >= 15 is 0 Å². The van der Waals surface area contributed by atoms with Gasteiger partial charge >= 0.3 is 0 Å². The average Bonchev–Trinajstić information content (AvgIpc) is 2.79. The monoisotopic (exact) mass is 299 g/mol. The Morgan fingerprint density at radius 3 is 2.50 bits per heavy atom. The zero-order valence-electron chi connectivity index (χ0n) is 13.4. The molecule has 2 bridgehead atoms. The van der Waals surface area contributed by atoms with Crippen LogP contribution in [-0.2, 0) is 14.4 Å². The minimum Gasteiger partial charge on any atom is -0.325 e. The van der Waals surface area contributed by atoms with Crippen LogP contribution in [-0.4, -0.2) is 17.5 Å². The summed E-state index contributed by atoms with van der Waals surface area (Å²) in [4.78, 5) is 37.6. The summed E-state index contributed by atoms with van der Waals surface area (Å²) >= 11 is 0. The number of anilines is 1. The molecule has 22 heavy (non-hydrogen) atoms. The standard InChI is InChI=1S/C18H21NO3/c1-10-5-6-11(2)13(9-10)19-16(22)18-8-7-12(17(18,3)4)14(20)15(18)21/h5-6,9,12H,7-8H2,1-4H3,(H,19,22). The maximum Gasteiger partial charge on any atom is 0.239 e. The highest BCUT2D eigenvalue weighted by molar-refractivity contribution is 6.48. The molecule has 1 N–H and O–H groups in total. The molecule has 0 heterocycles. The van der Waals surface area contributed by atoms with Crippen LogP contribution in [0.4, 0.5) is 5.69 Å². The summed E-state index contributed by atoms with van der Waals surface area (Å²) in [5, 5.41) is 2.91. The zero-order valence-corrected chi connectivity index (χ0v) is 13.4. The third kappa shape index (κ3) is 1.67. The van der Waals surface area contributed by atoms with Crippen LogP contribution in [0.1, 0.15) is 37.8 Å². The summed E-state index contributed by atoms with van der Waals surface area (Å²) in [6, 6.07) is 5.81. The first-order valence-electron chi connectivity index (χ1n) is 7.69. The molecule has 1 amide bonds. The number of hydrogen-bond donors (Lipinski definition) is 1. The molecule has 0 aliphatic heterocycles. The van der Waals surface area contributed by atoms with E-state index in [2.05, 4.69) is 5.32 Å². The number of amides is 1. The normalized spacial score (nSPS) is 29.0. The van der Waals surface area contributed by atoms with Crippen LogP contribution in [0.25, 0.3) is 0 Å². The molecular formula is C18H21NO3. The number of Topliss-reactive ketones (excluding diaryl/α,β-unsaturated/α-hetero) is 2. The Balaban J connectivity index is 2.00. The lowest BCUT2D eigenvalue weighted by atomic mass is 9.68. The minimum absolute atomic E-state index is 0.315. The van der Waals surface area contributed by atoms with Crippen LogP contribution in [0.2, 0.25) is 0 Å². The average molecular weight is 299 g/mol. The van der Waals surface area contributed by atoms with Crippen LogP contribution >= 0.6 is 0 Å². The van der Waals surface area contributed by atoms with Gasteiger partial charge in [0, 0.05) is 11.6 Å². The molecule has 2 aliphatic carbocycles. The summed E-state index contributed by atoms with van der Waals surface area (Å²) < 4.78 is 0. The molecule has 2 unspecified atom stereocenters. The number of carbonyl (C=O) groups excluding carboxylic acids is 3. The molecule has 116 valence electrons. The number of rotatable bonds is 2. The second-order valence-electron chi connectivity index (χ2n) is 7.18. The van der Waals surface area contributed by atoms with Crippen molar-refractivity contribution in [2.45, 2.75) is 40.5 Å². The van der Waals surface area contributed by atoms with Crippen molar-refractivity contribution in [1.82, 2.24) is 0 Å². The summed E-state index contributed by atoms with van der Waals surface area (Å²) in [5.41, 5.74) is 0.884.